The molecule has 0 rings (SSSR count). The summed E-state index contributed by atoms with van der Waals surface area (Å²) in [6.07, 6.45) is 1.22. The Balaban J connectivity index is 4.30. The van der Waals surface area contributed by atoms with Gasteiger partial charge in [0, 0.05) is 12.1 Å². The minimum Gasteiger partial charge on any atom is -0.459 e. The Morgan fingerprint density at radius 3 is 1.29 bits per heavy atom. The molecule has 24 heavy (non-hydrogen) atoms. The van der Waals surface area contributed by atoms with E-state index < -0.39 is 11.2 Å². The smallest absolute Gasteiger partial charge is 0.320 e. The summed E-state index contributed by atoms with van der Waals surface area (Å²) >= 11 is 0. The first-order valence-corrected chi connectivity index (χ1v) is 8.73. The molecular weight excluding hydrogens is 308 g/mol. The van der Waals surface area contributed by atoms with Crippen LogP contribution in [0.3, 0.4) is 0 Å². The number of ether oxygens (including phenoxy) is 2. The summed E-state index contributed by atoms with van der Waals surface area (Å²) in [4.78, 5) is 23.7. The summed E-state index contributed by atoms with van der Waals surface area (Å²) in [5.41, 5.74) is -1.20. The zero-order valence-corrected chi connectivity index (χ0v) is 16.6. The van der Waals surface area contributed by atoms with Crippen LogP contribution in [0.25, 0.3) is 0 Å². The lowest BCUT2D eigenvalue weighted by Gasteiger charge is -2.31. The molecule has 0 unspecified atom stereocenters. The van der Waals surface area contributed by atoms with Crippen LogP contribution in [0.2, 0.25) is 0 Å². The van der Waals surface area contributed by atoms with Crippen molar-refractivity contribution < 1.29 is 19.1 Å². The monoisotopic (exact) mass is 344 g/mol. The first kappa shape index (κ1) is 22.9. The lowest BCUT2D eigenvalue weighted by Crippen LogP contribution is -2.39. The quantitative estimate of drug-likeness (QED) is 0.561. The Morgan fingerprint density at radius 1 is 0.750 bits per heavy atom. The highest BCUT2D eigenvalue weighted by molar-refractivity contribution is 5.72. The van der Waals surface area contributed by atoms with Crippen LogP contribution in [-0.4, -0.2) is 48.3 Å². The fourth-order valence-electron chi connectivity index (χ4n) is 1.97. The second-order valence-corrected chi connectivity index (χ2v) is 8.04. The second-order valence-electron chi connectivity index (χ2n) is 8.04. The first-order valence-electron chi connectivity index (χ1n) is 8.73. The van der Waals surface area contributed by atoms with Crippen LogP contribution in [0.1, 0.15) is 68.2 Å². The Labute approximate surface area is 147 Å². The van der Waals surface area contributed by atoms with E-state index in [1.54, 1.807) is 0 Å². The van der Waals surface area contributed by atoms with Crippen LogP contribution < -0.4 is 10.6 Å². The van der Waals surface area contributed by atoms with Crippen molar-refractivity contribution in [2.75, 3.05) is 13.1 Å². The maximum atomic E-state index is 11.8. The average Bonchev–Trinajstić information content (AvgIpc) is 2.40. The van der Waals surface area contributed by atoms with E-state index in [-0.39, 0.29) is 37.1 Å². The third kappa shape index (κ3) is 12.3. The Hall–Kier alpha value is -1.14. The molecule has 0 aromatic heterocycles. The Kier molecular flexibility index (Phi) is 9.51. The topological polar surface area (TPSA) is 76.7 Å². The molecule has 6 heteroatoms. The molecule has 0 atom stereocenters. The van der Waals surface area contributed by atoms with E-state index in [4.69, 9.17) is 9.47 Å². The van der Waals surface area contributed by atoms with Crippen LogP contribution >= 0.6 is 0 Å². The maximum Gasteiger partial charge on any atom is 0.320 e. The van der Waals surface area contributed by atoms with E-state index >= 15 is 0 Å². The summed E-state index contributed by atoms with van der Waals surface area (Å²) in [5, 5.41) is 6.08. The van der Waals surface area contributed by atoms with E-state index in [0.29, 0.717) is 12.8 Å². The zero-order valence-electron chi connectivity index (χ0n) is 16.6. The van der Waals surface area contributed by atoms with Gasteiger partial charge in [0.2, 0.25) is 0 Å². The van der Waals surface area contributed by atoms with E-state index in [1.165, 1.54) is 0 Å². The molecule has 0 fully saturated rings. The second kappa shape index (κ2) is 9.99. The van der Waals surface area contributed by atoms with Gasteiger partial charge in [-0.15, -0.1) is 0 Å². The number of nitrogens with one attached hydrogen (secondary N) is 2. The Morgan fingerprint density at radius 2 is 1.04 bits per heavy atom. The molecule has 0 saturated carbocycles. The standard InChI is InChI=1S/C18H36N2O4/c1-13(2)19-11-15(21)23-17(5,6)9-10-18(7,8)24-16(22)12-20-14(3)4/h13-14,19-20H,9-12H2,1-8H3. The lowest BCUT2D eigenvalue weighted by atomic mass is 9.93. The molecule has 0 amide bonds. The molecule has 2 N–H and O–H groups in total. The minimum atomic E-state index is -0.602. The maximum absolute atomic E-state index is 11.8. The van der Waals surface area contributed by atoms with Gasteiger partial charge in [-0.2, -0.15) is 0 Å². The minimum absolute atomic E-state index is 0.195. The Bertz CT molecular complexity index is 366. The summed E-state index contributed by atoms with van der Waals surface area (Å²) in [6, 6.07) is 0.469. The number of esters is 2. The highest BCUT2D eigenvalue weighted by Gasteiger charge is 2.29. The molecule has 0 heterocycles. The van der Waals surface area contributed by atoms with Gasteiger partial charge in [0.1, 0.15) is 11.2 Å². The van der Waals surface area contributed by atoms with Crippen LogP contribution in [-0.2, 0) is 19.1 Å². The van der Waals surface area contributed by atoms with Crippen LogP contribution in [0.4, 0.5) is 0 Å². The summed E-state index contributed by atoms with van der Waals surface area (Å²) in [5.74, 6) is -0.547. The van der Waals surface area contributed by atoms with Crippen LogP contribution in [0, 0.1) is 0 Å². The fourth-order valence-corrected chi connectivity index (χ4v) is 1.97. The van der Waals surface area contributed by atoms with Gasteiger partial charge >= 0.3 is 11.9 Å². The van der Waals surface area contributed by atoms with Gasteiger partial charge in [0.15, 0.2) is 0 Å². The fraction of sp³-hybridized carbons (Fsp3) is 0.889. The number of hydrogen-bond donors (Lipinski definition) is 2. The van der Waals surface area contributed by atoms with E-state index in [0.717, 1.165) is 0 Å². The third-order valence-corrected chi connectivity index (χ3v) is 3.42. The number of rotatable bonds is 11. The van der Waals surface area contributed by atoms with Crippen LogP contribution in [0.5, 0.6) is 0 Å². The van der Waals surface area contributed by atoms with Gasteiger partial charge in [0.05, 0.1) is 13.1 Å². The largest absolute Gasteiger partial charge is 0.459 e. The predicted molar refractivity (Wildman–Crippen MR) is 95.9 cm³/mol. The SMILES string of the molecule is CC(C)NCC(=O)OC(C)(C)CCC(C)(C)OC(=O)CNC(C)C. The number of carbonyl (C=O) groups excluding carboxylic acids is 2. The van der Waals surface area contributed by atoms with Crippen molar-refractivity contribution in [2.45, 2.75) is 91.5 Å². The summed E-state index contributed by atoms with van der Waals surface area (Å²) in [7, 11) is 0. The molecule has 0 aliphatic carbocycles. The van der Waals surface area contributed by atoms with Crippen molar-refractivity contribution in [1.82, 2.24) is 10.6 Å². The van der Waals surface area contributed by atoms with Gasteiger partial charge in [0.25, 0.3) is 0 Å². The molecule has 0 aromatic rings. The molecule has 0 radical (unpaired) electrons. The van der Waals surface area contributed by atoms with E-state index in [2.05, 4.69) is 10.6 Å². The van der Waals surface area contributed by atoms with Crippen molar-refractivity contribution >= 4 is 11.9 Å². The molecule has 0 aliphatic heterocycles. The zero-order chi connectivity index (χ0) is 19.0. The molecule has 0 saturated heterocycles. The molecule has 0 spiro atoms. The number of hydrogen-bond acceptors (Lipinski definition) is 6. The summed E-state index contributed by atoms with van der Waals surface area (Å²) in [6.45, 7) is 15.8. The normalized spacial score (nSPS) is 12.6. The van der Waals surface area contributed by atoms with Gasteiger partial charge in [-0.3, -0.25) is 9.59 Å². The van der Waals surface area contributed by atoms with Gasteiger partial charge in [-0.05, 0) is 40.5 Å². The van der Waals surface area contributed by atoms with Crippen molar-refractivity contribution in [3.05, 3.63) is 0 Å². The van der Waals surface area contributed by atoms with Gasteiger partial charge in [-0.25, -0.2) is 0 Å². The molecule has 0 bridgehead atoms. The highest BCUT2D eigenvalue weighted by atomic mass is 16.6. The highest BCUT2D eigenvalue weighted by Crippen LogP contribution is 2.25. The van der Waals surface area contributed by atoms with E-state index in [1.807, 2.05) is 55.4 Å². The molecular formula is C18H36N2O4. The molecule has 6 nitrogen and oxygen atoms in total. The summed E-state index contributed by atoms with van der Waals surface area (Å²) < 4.78 is 11.0. The molecule has 0 aromatic carbocycles. The van der Waals surface area contributed by atoms with Crippen molar-refractivity contribution in [2.24, 2.45) is 0 Å². The molecule has 0 aliphatic rings. The number of carbonyl (C=O) groups is 2. The van der Waals surface area contributed by atoms with E-state index in [9.17, 15) is 9.59 Å². The molecule has 142 valence electrons. The first-order chi connectivity index (χ1) is 10.8. The third-order valence-electron chi connectivity index (χ3n) is 3.42. The van der Waals surface area contributed by atoms with Crippen molar-refractivity contribution in [3.8, 4) is 0 Å². The lowest BCUT2D eigenvalue weighted by molar-refractivity contribution is -0.163. The van der Waals surface area contributed by atoms with Crippen molar-refractivity contribution in [1.29, 1.82) is 0 Å². The average molecular weight is 344 g/mol. The van der Waals surface area contributed by atoms with Crippen molar-refractivity contribution in [3.63, 3.8) is 0 Å². The van der Waals surface area contributed by atoms with Crippen LogP contribution in [0.15, 0.2) is 0 Å². The predicted octanol–water partition coefficient (Wildman–Crippen LogP) is 2.41. The van der Waals surface area contributed by atoms with Gasteiger partial charge in [-0.1, -0.05) is 27.7 Å². The van der Waals surface area contributed by atoms with Gasteiger partial charge < -0.3 is 20.1 Å².